The van der Waals surface area contributed by atoms with E-state index in [1.165, 1.54) is 0 Å². The van der Waals surface area contributed by atoms with Crippen molar-refractivity contribution in [2.75, 3.05) is 6.54 Å². The number of aromatic amines is 1. The number of nitrogens with one attached hydrogen (secondary N) is 1. The molecular formula is C8H12N6. The van der Waals surface area contributed by atoms with E-state index in [1.807, 2.05) is 0 Å². The molecule has 0 bridgehead atoms. The summed E-state index contributed by atoms with van der Waals surface area (Å²) in [4.78, 5) is 12.8. The maximum absolute atomic E-state index is 5.96. The number of fused-ring (bicyclic) bond motifs is 1. The number of aromatic nitrogens is 2. The van der Waals surface area contributed by atoms with Gasteiger partial charge in [0.25, 0.3) is 0 Å². The number of H-pyrrole nitrogens is 1. The van der Waals surface area contributed by atoms with Gasteiger partial charge in [-0.15, -0.1) is 6.58 Å². The van der Waals surface area contributed by atoms with Crippen LogP contribution in [0.3, 0.4) is 0 Å². The number of hydrogen-bond acceptors (Lipinski definition) is 5. The Hall–Kier alpha value is -1.82. The molecule has 1 aromatic heterocycles. The van der Waals surface area contributed by atoms with Crippen molar-refractivity contribution in [3.05, 3.63) is 24.7 Å². The second-order valence-corrected chi connectivity index (χ2v) is 3.00. The van der Waals surface area contributed by atoms with Crippen LogP contribution in [0.4, 0.5) is 5.82 Å². The number of nitrogens with two attached hydrogens (primary N) is 2. The number of imidazole rings is 1. The van der Waals surface area contributed by atoms with Gasteiger partial charge >= 0.3 is 0 Å². The van der Waals surface area contributed by atoms with Crippen LogP contribution >= 0.6 is 0 Å². The van der Waals surface area contributed by atoms with Gasteiger partial charge in [-0.1, -0.05) is 6.08 Å². The summed E-state index contributed by atoms with van der Waals surface area (Å²) < 4.78 is 0. The Morgan fingerprint density at radius 2 is 2.50 bits per heavy atom. The summed E-state index contributed by atoms with van der Waals surface area (Å²) >= 11 is 0. The smallest absolute Gasteiger partial charge is 0.199 e. The number of rotatable bonds is 2. The molecule has 0 fully saturated rings. The lowest BCUT2D eigenvalue weighted by Gasteiger charge is -2.30. The molecule has 1 aliphatic heterocycles. The third-order valence-corrected chi connectivity index (χ3v) is 2.12. The van der Waals surface area contributed by atoms with Crippen LogP contribution in [0.25, 0.3) is 0 Å². The monoisotopic (exact) mass is 192 g/mol. The second-order valence-electron chi connectivity index (χ2n) is 3.00. The zero-order chi connectivity index (χ0) is 10.1. The third kappa shape index (κ3) is 1.16. The Bertz CT molecular complexity index is 379. The minimum absolute atomic E-state index is 0.331. The van der Waals surface area contributed by atoms with Crippen LogP contribution in [0.5, 0.6) is 0 Å². The van der Waals surface area contributed by atoms with E-state index in [1.54, 1.807) is 17.3 Å². The Balaban J connectivity index is 2.39. The average Bonchev–Trinajstić information content (AvgIpc) is 2.60. The fourth-order valence-corrected chi connectivity index (χ4v) is 1.42. The topological polar surface area (TPSA) is 96.3 Å². The standard InChI is InChI=1S/C8H12N6/c1-2-3-14-6(9)5-7(12-4-11-5)13-8(14)10/h2,4,6H,1,3,9H2,(H2,10,13)(H,11,12). The molecule has 5 N–H and O–H groups in total. The van der Waals surface area contributed by atoms with E-state index < -0.39 is 0 Å². The van der Waals surface area contributed by atoms with Crippen molar-refractivity contribution in [3.63, 3.8) is 0 Å². The number of nitrogens with zero attached hydrogens (tertiary/aromatic N) is 3. The SMILES string of the molecule is C=CCN1C(N)=Nc2nc[nH]c2C1N. The van der Waals surface area contributed by atoms with Crippen LogP contribution in [0, 0.1) is 0 Å². The minimum atomic E-state index is -0.331. The molecule has 0 spiro atoms. The number of hydrogen-bond donors (Lipinski definition) is 3. The molecule has 6 heteroatoms. The van der Waals surface area contributed by atoms with Crippen LogP contribution in [0.15, 0.2) is 24.0 Å². The predicted octanol–water partition coefficient (Wildman–Crippen LogP) is -0.185. The molecule has 2 heterocycles. The van der Waals surface area contributed by atoms with Gasteiger partial charge in [0.1, 0.15) is 6.17 Å². The molecule has 0 amide bonds. The summed E-state index contributed by atoms with van der Waals surface area (Å²) in [5.74, 6) is 0.937. The van der Waals surface area contributed by atoms with Crippen molar-refractivity contribution in [1.82, 2.24) is 14.9 Å². The van der Waals surface area contributed by atoms with Crippen LogP contribution in [-0.4, -0.2) is 27.4 Å². The molecule has 0 saturated heterocycles. The van der Waals surface area contributed by atoms with Gasteiger partial charge in [0, 0.05) is 6.54 Å². The van der Waals surface area contributed by atoms with Crippen molar-refractivity contribution in [3.8, 4) is 0 Å². The van der Waals surface area contributed by atoms with Crippen molar-refractivity contribution in [2.45, 2.75) is 6.17 Å². The van der Waals surface area contributed by atoms with Crippen molar-refractivity contribution in [1.29, 1.82) is 0 Å². The first-order valence-electron chi connectivity index (χ1n) is 4.24. The highest BCUT2D eigenvalue weighted by molar-refractivity contribution is 5.83. The minimum Gasteiger partial charge on any atom is -0.369 e. The maximum Gasteiger partial charge on any atom is 0.199 e. The van der Waals surface area contributed by atoms with Crippen molar-refractivity contribution >= 4 is 11.8 Å². The van der Waals surface area contributed by atoms with Crippen molar-refractivity contribution < 1.29 is 0 Å². The highest BCUT2D eigenvalue weighted by Crippen LogP contribution is 2.26. The van der Waals surface area contributed by atoms with Crippen LogP contribution in [0.1, 0.15) is 11.9 Å². The van der Waals surface area contributed by atoms with Gasteiger partial charge in [-0.05, 0) is 0 Å². The molecule has 0 saturated carbocycles. The largest absolute Gasteiger partial charge is 0.369 e. The van der Waals surface area contributed by atoms with Gasteiger partial charge in [0.05, 0.1) is 12.0 Å². The molecule has 1 atom stereocenters. The number of guanidine groups is 1. The van der Waals surface area contributed by atoms with E-state index >= 15 is 0 Å². The second kappa shape index (κ2) is 3.15. The van der Waals surface area contributed by atoms with Gasteiger partial charge < -0.3 is 21.4 Å². The highest BCUT2D eigenvalue weighted by Gasteiger charge is 2.26. The van der Waals surface area contributed by atoms with Gasteiger partial charge in [-0.3, -0.25) is 0 Å². The molecule has 1 aromatic rings. The van der Waals surface area contributed by atoms with E-state index in [2.05, 4.69) is 21.5 Å². The molecule has 14 heavy (non-hydrogen) atoms. The molecular weight excluding hydrogens is 180 g/mol. The molecule has 0 radical (unpaired) electrons. The van der Waals surface area contributed by atoms with Gasteiger partial charge in [0.15, 0.2) is 11.8 Å². The molecule has 1 aliphatic rings. The predicted molar refractivity (Wildman–Crippen MR) is 53.7 cm³/mol. The summed E-state index contributed by atoms with van der Waals surface area (Å²) in [5.41, 5.74) is 12.5. The quantitative estimate of drug-likeness (QED) is 0.566. The molecule has 0 aromatic carbocycles. The van der Waals surface area contributed by atoms with Crippen molar-refractivity contribution in [2.24, 2.45) is 16.5 Å². The van der Waals surface area contributed by atoms with Gasteiger partial charge in [-0.25, -0.2) is 4.98 Å². The molecule has 6 nitrogen and oxygen atoms in total. The fourth-order valence-electron chi connectivity index (χ4n) is 1.42. The molecule has 1 unspecified atom stereocenters. The lowest BCUT2D eigenvalue weighted by molar-refractivity contribution is 0.338. The first-order chi connectivity index (χ1) is 6.74. The highest BCUT2D eigenvalue weighted by atomic mass is 15.4. The van der Waals surface area contributed by atoms with E-state index in [-0.39, 0.29) is 6.17 Å². The van der Waals surface area contributed by atoms with E-state index in [0.29, 0.717) is 18.3 Å². The first-order valence-corrected chi connectivity index (χ1v) is 4.24. The summed E-state index contributed by atoms with van der Waals surface area (Å²) in [6, 6.07) is 0. The summed E-state index contributed by atoms with van der Waals surface area (Å²) in [5, 5.41) is 0. The van der Waals surface area contributed by atoms with Crippen LogP contribution in [-0.2, 0) is 0 Å². The van der Waals surface area contributed by atoms with E-state index in [9.17, 15) is 0 Å². The number of aliphatic imine (C=N–C) groups is 1. The van der Waals surface area contributed by atoms with Gasteiger partial charge in [0.2, 0.25) is 0 Å². The molecule has 0 aliphatic carbocycles. The lowest BCUT2D eigenvalue weighted by Crippen LogP contribution is -2.45. The van der Waals surface area contributed by atoms with E-state index in [4.69, 9.17) is 11.5 Å². The average molecular weight is 192 g/mol. The molecule has 2 rings (SSSR count). The Morgan fingerprint density at radius 3 is 3.21 bits per heavy atom. The first kappa shape index (κ1) is 8.76. The van der Waals surface area contributed by atoms with Crippen LogP contribution < -0.4 is 11.5 Å². The summed E-state index contributed by atoms with van der Waals surface area (Å²) in [7, 11) is 0. The van der Waals surface area contributed by atoms with E-state index in [0.717, 1.165) is 5.69 Å². The third-order valence-electron chi connectivity index (χ3n) is 2.12. The maximum atomic E-state index is 5.96. The Labute approximate surface area is 81.3 Å². The Kier molecular flexibility index (Phi) is 1.97. The fraction of sp³-hybridized carbons (Fsp3) is 0.250. The normalized spacial score (nSPS) is 20.2. The van der Waals surface area contributed by atoms with Crippen LogP contribution in [0.2, 0.25) is 0 Å². The zero-order valence-corrected chi connectivity index (χ0v) is 7.64. The lowest BCUT2D eigenvalue weighted by atomic mass is 10.2. The van der Waals surface area contributed by atoms with Gasteiger partial charge in [-0.2, -0.15) is 4.99 Å². The zero-order valence-electron chi connectivity index (χ0n) is 7.64. The summed E-state index contributed by atoms with van der Waals surface area (Å²) in [6.45, 7) is 4.20. The summed E-state index contributed by atoms with van der Waals surface area (Å²) in [6.07, 6.45) is 2.95. The molecule has 74 valence electrons. The Morgan fingerprint density at radius 1 is 1.71 bits per heavy atom.